The van der Waals surface area contributed by atoms with Gasteiger partial charge in [-0.1, -0.05) is 5.16 Å². The second kappa shape index (κ2) is 5.32. The van der Waals surface area contributed by atoms with Crippen molar-refractivity contribution in [2.24, 2.45) is 0 Å². The molecular formula is C15H16N4O2. The summed E-state index contributed by atoms with van der Waals surface area (Å²) in [4.78, 5) is 14.1. The number of hydrogen-bond donors (Lipinski definition) is 2. The molecule has 0 unspecified atom stereocenters. The molecule has 0 bridgehead atoms. The number of anilines is 1. The number of aromatic amines is 1. The second-order valence-electron chi connectivity index (χ2n) is 4.84. The molecule has 2 heterocycles. The van der Waals surface area contributed by atoms with E-state index < -0.39 is 0 Å². The summed E-state index contributed by atoms with van der Waals surface area (Å²) in [6, 6.07) is 7.66. The summed E-state index contributed by atoms with van der Waals surface area (Å²) in [5, 5.41) is 7.25. The highest BCUT2D eigenvalue weighted by molar-refractivity contribution is 5.49. The van der Waals surface area contributed by atoms with Gasteiger partial charge >= 0.3 is 5.69 Å². The molecule has 0 fully saturated rings. The Morgan fingerprint density at radius 3 is 2.62 bits per heavy atom. The van der Waals surface area contributed by atoms with Gasteiger partial charge in [-0.2, -0.15) is 0 Å². The van der Waals surface area contributed by atoms with Gasteiger partial charge in [0.15, 0.2) is 0 Å². The molecular weight excluding hydrogens is 268 g/mol. The minimum atomic E-state index is -0.147. The maximum Gasteiger partial charge on any atom is 0.330 e. The molecule has 21 heavy (non-hydrogen) atoms. The van der Waals surface area contributed by atoms with Crippen LogP contribution in [0.1, 0.15) is 17.0 Å². The Morgan fingerprint density at radius 1 is 1.29 bits per heavy atom. The number of imidazole rings is 1. The molecule has 0 aliphatic heterocycles. The van der Waals surface area contributed by atoms with Crippen molar-refractivity contribution in [1.29, 1.82) is 0 Å². The fourth-order valence-corrected chi connectivity index (χ4v) is 2.21. The zero-order valence-electron chi connectivity index (χ0n) is 11.9. The number of nitrogens with zero attached hydrogens (tertiary/aromatic N) is 2. The summed E-state index contributed by atoms with van der Waals surface area (Å²) >= 11 is 0. The Labute approximate surface area is 121 Å². The van der Waals surface area contributed by atoms with Crippen molar-refractivity contribution in [3.05, 3.63) is 64.2 Å². The molecule has 0 atom stereocenters. The van der Waals surface area contributed by atoms with E-state index in [4.69, 9.17) is 4.52 Å². The van der Waals surface area contributed by atoms with Crippen LogP contribution in [0.4, 0.5) is 5.69 Å². The molecule has 3 rings (SSSR count). The van der Waals surface area contributed by atoms with E-state index in [9.17, 15) is 4.79 Å². The van der Waals surface area contributed by atoms with Crippen molar-refractivity contribution < 1.29 is 4.52 Å². The van der Waals surface area contributed by atoms with E-state index >= 15 is 0 Å². The van der Waals surface area contributed by atoms with Crippen molar-refractivity contribution >= 4 is 5.69 Å². The first kappa shape index (κ1) is 13.2. The highest BCUT2D eigenvalue weighted by Gasteiger charge is 2.08. The van der Waals surface area contributed by atoms with Gasteiger partial charge in [-0.3, -0.25) is 4.57 Å². The van der Waals surface area contributed by atoms with Crippen molar-refractivity contribution in [3.8, 4) is 5.69 Å². The van der Waals surface area contributed by atoms with Gasteiger partial charge in [-0.05, 0) is 38.1 Å². The van der Waals surface area contributed by atoms with Gasteiger partial charge in [-0.15, -0.1) is 0 Å². The van der Waals surface area contributed by atoms with Crippen LogP contribution in [0.5, 0.6) is 0 Å². The summed E-state index contributed by atoms with van der Waals surface area (Å²) < 4.78 is 6.69. The van der Waals surface area contributed by atoms with Crippen LogP contribution in [0.3, 0.4) is 0 Å². The average Bonchev–Trinajstić information content (AvgIpc) is 3.04. The Bertz CT molecular complexity index is 776. The van der Waals surface area contributed by atoms with E-state index in [0.717, 1.165) is 28.4 Å². The third-order valence-electron chi connectivity index (χ3n) is 3.45. The highest BCUT2D eigenvalue weighted by atomic mass is 16.5. The van der Waals surface area contributed by atoms with Gasteiger partial charge < -0.3 is 14.8 Å². The predicted molar refractivity (Wildman–Crippen MR) is 79.7 cm³/mol. The van der Waals surface area contributed by atoms with Crippen LogP contribution in [-0.4, -0.2) is 14.7 Å². The van der Waals surface area contributed by atoms with Crippen LogP contribution >= 0.6 is 0 Å². The highest BCUT2D eigenvalue weighted by Crippen LogP contribution is 2.16. The SMILES string of the molecule is Cc1noc(C)c1CNc1ccc(-n2cc[nH]c2=O)cc1. The van der Waals surface area contributed by atoms with E-state index in [1.807, 2.05) is 38.1 Å². The van der Waals surface area contributed by atoms with Crippen LogP contribution in [0.15, 0.2) is 46.0 Å². The minimum Gasteiger partial charge on any atom is -0.381 e. The lowest BCUT2D eigenvalue weighted by Crippen LogP contribution is -2.13. The Morgan fingerprint density at radius 2 is 2.05 bits per heavy atom. The van der Waals surface area contributed by atoms with Crippen LogP contribution in [0.2, 0.25) is 0 Å². The molecule has 1 aromatic carbocycles. The van der Waals surface area contributed by atoms with Gasteiger partial charge in [0.1, 0.15) is 5.76 Å². The van der Waals surface area contributed by atoms with Crippen LogP contribution in [0, 0.1) is 13.8 Å². The first-order chi connectivity index (χ1) is 10.1. The van der Waals surface area contributed by atoms with Crippen molar-refractivity contribution in [2.75, 3.05) is 5.32 Å². The molecule has 0 amide bonds. The molecule has 0 aliphatic carbocycles. The lowest BCUT2D eigenvalue weighted by Gasteiger charge is -2.07. The fraction of sp³-hybridized carbons (Fsp3) is 0.200. The topological polar surface area (TPSA) is 75.8 Å². The number of nitrogens with one attached hydrogen (secondary N) is 2. The monoisotopic (exact) mass is 284 g/mol. The fourth-order valence-electron chi connectivity index (χ4n) is 2.21. The summed E-state index contributed by atoms with van der Waals surface area (Å²) in [6.07, 6.45) is 3.32. The Balaban J connectivity index is 1.73. The minimum absolute atomic E-state index is 0.147. The molecule has 0 aliphatic rings. The first-order valence-electron chi connectivity index (χ1n) is 6.67. The largest absolute Gasteiger partial charge is 0.381 e. The number of H-pyrrole nitrogens is 1. The quantitative estimate of drug-likeness (QED) is 0.771. The molecule has 0 saturated carbocycles. The van der Waals surface area contributed by atoms with Crippen molar-refractivity contribution in [2.45, 2.75) is 20.4 Å². The predicted octanol–water partition coefficient (Wildman–Crippen LogP) is 2.38. The van der Waals surface area contributed by atoms with Gasteiger partial charge in [0.25, 0.3) is 0 Å². The van der Waals surface area contributed by atoms with Gasteiger partial charge in [0.05, 0.1) is 11.4 Å². The van der Waals surface area contributed by atoms with Gasteiger partial charge in [-0.25, -0.2) is 4.79 Å². The average molecular weight is 284 g/mol. The van der Waals surface area contributed by atoms with Crippen LogP contribution in [0.25, 0.3) is 5.69 Å². The smallest absolute Gasteiger partial charge is 0.330 e. The van der Waals surface area contributed by atoms with Crippen molar-refractivity contribution in [1.82, 2.24) is 14.7 Å². The number of benzene rings is 1. The summed E-state index contributed by atoms with van der Waals surface area (Å²) in [5.41, 5.74) is 3.62. The van der Waals surface area contributed by atoms with Crippen LogP contribution < -0.4 is 11.0 Å². The van der Waals surface area contributed by atoms with Gasteiger partial charge in [0.2, 0.25) is 0 Å². The third kappa shape index (κ3) is 2.60. The molecule has 2 N–H and O–H groups in total. The number of rotatable bonds is 4. The standard InChI is InChI=1S/C15H16N4O2/c1-10-14(11(2)21-18-10)9-17-12-3-5-13(6-4-12)19-8-7-16-15(19)20/h3-8,17H,9H2,1-2H3,(H,16,20). The van der Waals surface area contributed by atoms with Crippen LogP contribution in [-0.2, 0) is 6.54 Å². The zero-order valence-corrected chi connectivity index (χ0v) is 11.9. The first-order valence-corrected chi connectivity index (χ1v) is 6.67. The number of aryl methyl sites for hydroxylation is 2. The van der Waals surface area contributed by atoms with E-state index in [-0.39, 0.29) is 5.69 Å². The third-order valence-corrected chi connectivity index (χ3v) is 3.45. The number of hydrogen-bond acceptors (Lipinski definition) is 4. The van der Waals surface area contributed by atoms with Gasteiger partial charge in [0, 0.05) is 30.2 Å². The summed E-state index contributed by atoms with van der Waals surface area (Å²) in [6.45, 7) is 4.48. The molecule has 3 aromatic rings. The second-order valence-corrected chi connectivity index (χ2v) is 4.84. The summed E-state index contributed by atoms with van der Waals surface area (Å²) in [7, 11) is 0. The maximum atomic E-state index is 11.5. The van der Waals surface area contributed by atoms with Crippen molar-refractivity contribution in [3.63, 3.8) is 0 Å². The molecule has 6 nitrogen and oxygen atoms in total. The van der Waals surface area contributed by atoms with E-state index in [0.29, 0.717) is 6.54 Å². The lowest BCUT2D eigenvalue weighted by atomic mass is 10.2. The zero-order chi connectivity index (χ0) is 14.8. The molecule has 0 radical (unpaired) electrons. The van der Waals surface area contributed by atoms with E-state index in [1.54, 1.807) is 17.0 Å². The maximum absolute atomic E-state index is 11.5. The molecule has 0 spiro atoms. The normalized spacial score (nSPS) is 10.8. The molecule has 108 valence electrons. The lowest BCUT2D eigenvalue weighted by molar-refractivity contribution is 0.392. The summed E-state index contributed by atoms with van der Waals surface area (Å²) in [5.74, 6) is 0.829. The van der Waals surface area contributed by atoms with E-state index in [1.165, 1.54) is 0 Å². The molecule has 2 aromatic heterocycles. The molecule has 6 heteroatoms. The van der Waals surface area contributed by atoms with E-state index in [2.05, 4.69) is 15.5 Å². The Hall–Kier alpha value is -2.76. The number of aromatic nitrogens is 3. The Kier molecular flexibility index (Phi) is 3.35. The molecule has 0 saturated heterocycles.